The number of thioether (sulfide) groups is 1. The minimum Gasteiger partial charge on any atom is -0.342 e. The minimum absolute atomic E-state index is 0.217. The molecular formula is C14H22N4OS. The van der Waals surface area contributed by atoms with Crippen LogP contribution < -0.4 is 0 Å². The van der Waals surface area contributed by atoms with Gasteiger partial charge < -0.3 is 4.90 Å². The SMILES string of the molecule is O=C(CSc1n[nH]c(CC2CCCC2)n1)N1CCCC1. The summed E-state index contributed by atoms with van der Waals surface area (Å²) in [4.78, 5) is 18.4. The summed E-state index contributed by atoms with van der Waals surface area (Å²) >= 11 is 1.45. The van der Waals surface area contributed by atoms with Crippen LogP contribution in [0.3, 0.4) is 0 Å². The van der Waals surface area contributed by atoms with E-state index in [1.54, 1.807) is 0 Å². The molecule has 1 aliphatic heterocycles. The van der Waals surface area contributed by atoms with Crippen LogP contribution in [0.2, 0.25) is 0 Å². The first-order chi connectivity index (χ1) is 9.81. The number of aromatic amines is 1. The van der Waals surface area contributed by atoms with Gasteiger partial charge in [-0.3, -0.25) is 9.89 Å². The van der Waals surface area contributed by atoms with E-state index in [0.29, 0.717) is 10.9 Å². The minimum atomic E-state index is 0.217. The first-order valence-electron chi connectivity index (χ1n) is 7.63. The third-order valence-electron chi connectivity index (χ3n) is 4.25. The first-order valence-corrected chi connectivity index (χ1v) is 8.61. The highest BCUT2D eigenvalue weighted by Gasteiger charge is 2.20. The number of rotatable bonds is 5. The van der Waals surface area contributed by atoms with Gasteiger partial charge in [-0.25, -0.2) is 4.98 Å². The molecular weight excluding hydrogens is 272 g/mol. The van der Waals surface area contributed by atoms with Crippen molar-refractivity contribution in [3.8, 4) is 0 Å². The van der Waals surface area contributed by atoms with Gasteiger partial charge in [0.05, 0.1) is 5.75 Å². The van der Waals surface area contributed by atoms with Crippen LogP contribution in [0.4, 0.5) is 0 Å². The fourth-order valence-corrected chi connectivity index (χ4v) is 3.83. The van der Waals surface area contributed by atoms with Crippen LogP contribution in [0, 0.1) is 5.92 Å². The second kappa shape index (κ2) is 6.61. The smallest absolute Gasteiger partial charge is 0.233 e. The Balaban J connectivity index is 1.45. The predicted molar refractivity (Wildman–Crippen MR) is 78.6 cm³/mol. The quantitative estimate of drug-likeness (QED) is 0.846. The molecule has 0 bridgehead atoms. The van der Waals surface area contributed by atoms with E-state index in [1.165, 1.54) is 37.4 Å². The molecule has 5 nitrogen and oxygen atoms in total. The number of hydrogen-bond acceptors (Lipinski definition) is 4. The van der Waals surface area contributed by atoms with Crippen molar-refractivity contribution in [1.82, 2.24) is 20.1 Å². The van der Waals surface area contributed by atoms with Gasteiger partial charge in [0.2, 0.25) is 11.1 Å². The largest absolute Gasteiger partial charge is 0.342 e. The number of likely N-dealkylation sites (tertiary alicyclic amines) is 1. The number of amides is 1. The zero-order valence-electron chi connectivity index (χ0n) is 11.8. The standard InChI is InChI=1S/C14H22N4OS/c19-13(18-7-3-4-8-18)10-20-14-15-12(16-17-14)9-11-5-1-2-6-11/h11H,1-10H2,(H,15,16,17). The molecule has 1 saturated heterocycles. The Morgan fingerprint density at radius 1 is 1.25 bits per heavy atom. The fraction of sp³-hybridized carbons (Fsp3) is 0.786. The van der Waals surface area contributed by atoms with Crippen molar-refractivity contribution in [1.29, 1.82) is 0 Å². The fourth-order valence-electron chi connectivity index (χ4n) is 3.11. The van der Waals surface area contributed by atoms with Crippen LogP contribution in [0.25, 0.3) is 0 Å². The Morgan fingerprint density at radius 3 is 2.75 bits per heavy atom. The maximum atomic E-state index is 11.9. The molecule has 6 heteroatoms. The molecule has 1 amide bonds. The molecule has 1 saturated carbocycles. The second-order valence-corrected chi connectivity index (χ2v) is 6.74. The van der Waals surface area contributed by atoms with Crippen molar-refractivity contribution in [2.75, 3.05) is 18.8 Å². The van der Waals surface area contributed by atoms with Crippen LogP contribution in [0.15, 0.2) is 5.16 Å². The van der Waals surface area contributed by atoms with Crippen molar-refractivity contribution in [2.24, 2.45) is 5.92 Å². The highest BCUT2D eigenvalue weighted by molar-refractivity contribution is 7.99. The zero-order valence-corrected chi connectivity index (χ0v) is 12.6. The van der Waals surface area contributed by atoms with Crippen LogP contribution in [-0.2, 0) is 11.2 Å². The number of H-pyrrole nitrogens is 1. The molecule has 1 aliphatic carbocycles. The zero-order chi connectivity index (χ0) is 13.8. The molecule has 1 aromatic heterocycles. The predicted octanol–water partition coefficient (Wildman–Crippen LogP) is 2.25. The number of nitrogens with zero attached hydrogens (tertiary/aromatic N) is 3. The molecule has 2 fully saturated rings. The number of nitrogens with one attached hydrogen (secondary N) is 1. The first kappa shape index (κ1) is 13.9. The molecule has 0 aromatic carbocycles. The van der Waals surface area contributed by atoms with Crippen molar-refractivity contribution < 1.29 is 4.79 Å². The average Bonchev–Trinajstić information content (AvgIpc) is 3.19. The molecule has 0 unspecified atom stereocenters. The summed E-state index contributed by atoms with van der Waals surface area (Å²) in [5.41, 5.74) is 0. The molecule has 20 heavy (non-hydrogen) atoms. The Hall–Kier alpha value is -1.04. The number of carbonyl (C=O) groups is 1. The van der Waals surface area contributed by atoms with E-state index < -0.39 is 0 Å². The molecule has 0 atom stereocenters. The molecule has 2 aliphatic rings. The highest BCUT2D eigenvalue weighted by atomic mass is 32.2. The summed E-state index contributed by atoms with van der Waals surface area (Å²) in [5, 5.41) is 7.95. The molecule has 3 rings (SSSR count). The Kier molecular flexibility index (Phi) is 4.60. The van der Waals surface area contributed by atoms with E-state index in [1.807, 2.05) is 4.90 Å². The lowest BCUT2D eigenvalue weighted by Crippen LogP contribution is -2.29. The summed E-state index contributed by atoms with van der Waals surface area (Å²) in [5.74, 6) is 2.43. The van der Waals surface area contributed by atoms with E-state index in [9.17, 15) is 4.79 Å². The third kappa shape index (κ3) is 3.53. The lowest BCUT2D eigenvalue weighted by molar-refractivity contribution is -0.127. The second-order valence-electron chi connectivity index (χ2n) is 5.80. The molecule has 0 radical (unpaired) electrons. The average molecular weight is 294 g/mol. The summed E-state index contributed by atoms with van der Waals surface area (Å²) in [7, 11) is 0. The third-order valence-corrected chi connectivity index (χ3v) is 5.08. The van der Waals surface area contributed by atoms with Crippen molar-refractivity contribution in [3.05, 3.63) is 5.82 Å². The number of aromatic nitrogens is 3. The van der Waals surface area contributed by atoms with E-state index in [0.717, 1.165) is 44.1 Å². The van der Waals surface area contributed by atoms with Gasteiger partial charge in [-0.05, 0) is 18.8 Å². The topological polar surface area (TPSA) is 61.9 Å². The van der Waals surface area contributed by atoms with Crippen molar-refractivity contribution in [2.45, 2.75) is 50.1 Å². The number of carbonyl (C=O) groups excluding carboxylic acids is 1. The molecule has 1 N–H and O–H groups in total. The van der Waals surface area contributed by atoms with Gasteiger partial charge in [0, 0.05) is 19.5 Å². The van der Waals surface area contributed by atoms with Gasteiger partial charge in [-0.1, -0.05) is 37.4 Å². The Morgan fingerprint density at radius 2 is 2.00 bits per heavy atom. The Labute approximate surface area is 123 Å². The Bertz CT molecular complexity index is 450. The van der Waals surface area contributed by atoms with Crippen LogP contribution in [0.5, 0.6) is 0 Å². The van der Waals surface area contributed by atoms with Crippen molar-refractivity contribution in [3.63, 3.8) is 0 Å². The maximum Gasteiger partial charge on any atom is 0.233 e. The summed E-state index contributed by atoms with van der Waals surface area (Å²) < 4.78 is 0. The molecule has 0 spiro atoms. The van der Waals surface area contributed by atoms with E-state index in [4.69, 9.17) is 0 Å². The highest BCUT2D eigenvalue weighted by Crippen LogP contribution is 2.27. The van der Waals surface area contributed by atoms with Gasteiger partial charge in [0.1, 0.15) is 5.82 Å². The number of hydrogen-bond donors (Lipinski definition) is 1. The molecule has 110 valence electrons. The van der Waals surface area contributed by atoms with Crippen LogP contribution in [-0.4, -0.2) is 44.8 Å². The lowest BCUT2D eigenvalue weighted by atomic mass is 10.0. The van der Waals surface area contributed by atoms with Gasteiger partial charge in [0.15, 0.2) is 0 Å². The van der Waals surface area contributed by atoms with Crippen LogP contribution in [0.1, 0.15) is 44.3 Å². The van der Waals surface area contributed by atoms with Gasteiger partial charge in [0.25, 0.3) is 0 Å². The van der Waals surface area contributed by atoms with Crippen molar-refractivity contribution >= 4 is 17.7 Å². The van der Waals surface area contributed by atoms with Crippen LogP contribution >= 0.6 is 11.8 Å². The van der Waals surface area contributed by atoms with E-state index >= 15 is 0 Å². The summed E-state index contributed by atoms with van der Waals surface area (Å²) in [6, 6.07) is 0. The van der Waals surface area contributed by atoms with Gasteiger partial charge >= 0.3 is 0 Å². The van der Waals surface area contributed by atoms with Gasteiger partial charge in [-0.15, -0.1) is 5.10 Å². The monoisotopic (exact) mass is 294 g/mol. The van der Waals surface area contributed by atoms with Gasteiger partial charge in [-0.2, -0.15) is 0 Å². The lowest BCUT2D eigenvalue weighted by Gasteiger charge is -2.13. The molecule has 1 aromatic rings. The van der Waals surface area contributed by atoms with E-state index in [-0.39, 0.29) is 5.91 Å². The van der Waals surface area contributed by atoms with E-state index in [2.05, 4.69) is 15.2 Å². The normalized spacial score (nSPS) is 19.9. The summed E-state index contributed by atoms with van der Waals surface area (Å²) in [6.07, 6.45) is 8.63. The molecule has 2 heterocycles. The maximum absolute atomic E-state index is 11.9. The summed E-state index contributed by atoms with van der Waals surface area (Å²) in [6.45, 7) is 1.83.